The molecule has 0 bridgehead atoms. The van der Waals surface area contributed by atoms with Gasteiger partial charge in [-0.3, -0.25) is 9.69 Å². The number of hydrogen-bond donors (Lipinski definition) is 0. The molecule has 0 aromatic heterocycles. The molecule has 0 fully saturated rings. The van der Waals surface area contributed by atoms with Gasteiger partial charge in [0.2, 0.25) is 0 Å². The van der Waals surface area contributed by atoms with Gasteiger partial charge in [-0.05, 0) is 23.6 Å². The second-order valence-corrected chi connectivity index (χ2v) is 6.90. The Bertz CT molecular complexity index is 548. The van der Waals surface area contributed by atoms with E-state index in [1.165, 1.54) is 7.11 Å². The van der Waals surface area contributed by atoms with Gasteiger partial charge in [-0.1, -0.05) is 29.8 Å². The number of rotatable bonds is 7. The minimum absolute atomic E-state index is 0.181. The van der Waals surface area contributed by atoms with Crippen LogP contribution < -0.4 is 9.47 Å². The number of carbonyl (C=O) groups excluding carboxylic acids is 1. The van der Waals surface area contributed by atoms with Crippen molar-refractivity contribution < 1.29 is 19.0 Å². The molecule has 1 heterocycles. The molecule has 6 heteroatoms. The normalized spacial score (nSPS) is 13.5. The lowest BCUT2D eigenvalue weighted by molar-refractivity contribution is -0.141. The Kier molecular flexibility index (Phi) is 6.72. The van der Waals surface area contributed by atoms with Gasteiger partial charge in [-0.15, -0.1) is 0 Å². The molecule has 0 saturated heterocycles. The summed E-state index contributed by atoms with van der Waals surface area (Å²) in [5.74, 6) is 1.90. The lowest BCUT2D eigenvalue weighted by atomic mass is 10.1. The van der Waals surface area contributed by atoms with Crippen LogP contribution in [-0.4, -0.2) is 44.3 Å². The van der Waals surface area contributed by atoms with E-state index in [1.807, 2.05) is 12.1 Å². The highest BCUT2D eigenvalue weighted by atomic mass is 79.9. The first-order valence-electron chi connectivity index (χ1n) is 7.86. The Balaban J connectivity index is 2.09. The summed E-state index contributed by atoms with van der Waals surface area (Å²) in [7, 11) is 1.42. The van der Waals surface area contributed by atoms with E-state index in [1.54, 1.807) is 0 Å². The number of halogens is 1. The minimum Gasteiger partial charge on any atom is -0.486 e. The van der Waals surface area contributed by atoms with Crippen molar-refractivity contribution in [1.82, 2.24) is 4.90 Å². The molecule has 1 aromatic rings. The molecular formula is C17H24BrNO4. The van der Waals surface area contributed by atoms with Crippen LogP contribution in [0.1, 0.15) is 25.8 Å². The van der Waals surface area contributed by atoms with Crippen LogP contribution in [0.3, 0.4) is 0 Å². The molecule has 23 heavy (non-hydrogen) atoms. The average molecular weight is 386 g/mol. The summed E-state index contributed by atoms with van der Waals surface area (Å²) in [6.45, 7) is 7.83. The van der Waals surface area contributed by atoms with Crippen LogP contribution >= 0.6 is 15.9 Å². The van der Waals surface area contributed by atoms with E-state index in [2.05, 4.69) is 34.7 Å². The lowest BCUT2D eigenvalue weighted by Crippen LogP contribution is -2.30. The predicted octanol–water partition coefficient (Wildman–Crippen LogP) is 3.24. The smallest absolute Gasteiger partial charge is 0.306 e. The summed E-state index contributed by atoms with van der Waals surface area (Å²) >= 11 is 3.61. The van der Waals surface area contributed by atoms with E-state index >= 15 is 0 Å². The Labute approximate surface area is 146 Å². The Morgan fingerprint density at radius 2 is 1.96 bits per heavy atom. The molecule has 0 N–H and O–H groups in total. The van der Waals surface area contributed by atoms with Gasteiger partial charge in [0.15, 0.2) is 11.5 Å². The highest BCUT2D eigenvalue weighted by Gasteiger charge is 2.17. The first-order chi connectivity index (χ1) is 11.0. The number of benzene rings is 1. The zero-order valence-electron chi connectivity index (χ0n) is 13.9. The third-order valence-corrected chi connectivity index (χ3v) is 4.33. The van der Waals surface area contributed by atoms with Crippen molar-refractivity contribution in [2.45, 2.75) is 26.8 Å². The highest BCUT2D eigenvalue weighted by Crippen LogP contribution is 2.36. The van der Waals surface area contributed by atoms with Crippen molar-refractivity contribution in [1.29, 1.82) is 0 Å². The summed E-state index contributed by atoms with van der Waals surface area (Å²) in [6.07, 6.45) is 0.394. The highest BCUT2D eigenvalue weighted by molar-refractivity contribution is 9.10. The molecule has 1 aliphatic heterocycles. The van der Waals surface area contributed by atoms with Gasteiger partial charge in [-0.2, -0.15) is 0 Å². The number of nitrogens with zero attached hydrogens (tertiary/aromatic N) is 1. The Morgan fingerprint density at radius 3 is 2.57 bits per heavy atom. The number of esters is 1. The van der Waals surface area contributed by atoms with E-state index in [0.29, 0.717) is 32.1 Å². The quantitative estimate of drug-likeness (QED) is 0.674. The third kappa shape index (κ3) is 5.39. The summed E-state index contributed by atoms with van der Waals surface area (Å²) in [4.78, 5) is 13.7. The van der Waals surface area contributed by atoms with Crippen molar-refractivity contribution in [3.63, 3.8) is 0 Å². The van der Waals surface area contributed by atoms with E-state index in [9.17, 15) is 4.79 Å². The van der Waals surface area contributed by atoms with Crippen LogP contribution in [0.2, 0.25) is 0 Å². The fraction of sp³-hybridized carbons (Fsp3) is 0.588. The number of methoxy groups -OCH3 is 1. The molecule has 0 spiro atoms. The minimum atomic E-state index is -0.181. The van der Waals surface area contributed by atoms with Gasteiger partial charge in [-0.25, -0.2) is 0 Å². The molecule has 0 saturated carbocycles. The number of carbonyl (C=O) groups is 1. The first kappa shape index (κ1) is 18.1. The molecule has 0 aliphatic carbocycles. The SMILES string of the molecule is COC(=O)CCN(Cc1cc2c(cc1Br)OCCO2)CC(C)C. The molecule has 0 atom stereocenters. The van der Waals surface area contributed by atoms with E-state index < -0.39 is 0 Å². The maximum atomic E-state index is 11.4. The van der Waals surface area contributed by atoms with Gasteiger partial charge in [0.05, 0.1) is 13.5 Å². The zero-order valence-corrected chi connectivity index (χ0v) is 15.5. The molecule has 2 rings (SSSR count). The summed E-state index contributed by atoms with van der Waals surface area (Å²) in [6, 6.07) is 3.97. The number of hydrogen-bond acceptors (Lipinski definition) is 5. The molecular weight excluding hydrogens is 362 g/mol. The second kappa shape index (κ2) is 8.55. The molecule has 0 radical (unpaired) electrons. The third-order valence-electron chi connectivity index (χ3n) is 3.59. The van der Waals surface area contributed by atoms with Crippen molar-refractivity contribution in [2.75, 3.05) is 33.4 Å². The van der Waals surface area contributed by atoms with Crippen molar-refractivity contribution in [2.24, 2.45) is 5.92 Å². The molecule has 5 nitrogen and oxygen atoms in total. The lowest BCUT2D eigenvalue weighted by Gasteiger charge is -2.26. The Morgan fingerprint density at radius 1 is 1.30 bits per heavy atom. The Hall–Kier alpha value is -1.27. The topological polar surface area (TPSA) is 48.0 Å². The summed E-state index contributed by atoms with van der Waals surface area (Å²) < 4.78 is 17.0. The monoisotopic (exact) mass is 385 g/mol. The van der Waals surface area contributed by atoms with Crippen LogP contribution in [0.5, 0.6) is 11.5 Å². The van der Waals surface area contributed by atoms with Crippen molar-refractivity contribution >= 4 is 21.9 Å². The van der Waals surface area contributed by atoms with Crippen molar-refractivity contribution in [3.05, 3.63) is 22.2 Å². The van der Waals surface area contributed by atoms with Gasteiger partial charge in [0.1, 0.15) is 13.2 Å². The van der Waals surface area contributed by atoms with E-state index in [0.717, 1.165) is 34.6 Å². The average Bonchev–Trinajstić information content (AvgIpc) is 2.52. The van der Waals surface area contributed by atoms with Gasteiger partial charge < -0.3 is 14.2 Å². The molecule has 0 unspecified atom stereocenters. The summed E-state index contributed by atoms with van der Waals surface area (Å²) in [5.41, 5.74) is 1.12. The fourth-order valence-electron chi connectivity index (χ4n) is 2.57. The summed E-state index contributed by atoms with van der Waals surface area (Å²) in [5, 5.41) is 0. The standard InChI is InChI=1S/C17H24BrNO4/c1-12(2)10-19(5-4-17(20)21-3)11-13-8-15-16(9-14(13)18)23-7-6-22-15/h8-9,12H,4-7,10-11H2,1-3H3. The van der Waals surface area contributed by atoms with E-state index in [-0.39, 0.29) is 5.97 Å². The molecule has 1 aromatic carbocycles. The van der Waals surface area contributed by atoms with E-state index in [4.69, 9.17) is 14.2 Å². The predicted molar refractivity (Wildman–Crippen MR) is 91.9 cm³/mol. The van der Waals surface area contributed by atoms with Crippen LogP contribution in [0.4, 0.5) is 0 Å². The van der Waals surface area contributed by atoms with Gasteiger partial charge in [0, 0.05) is 24.1 Å². The maximum Gasteiger partial charge on any atom is 0.306 e. The van der Waals surface area contributed by atoms with Crippen LogP contribution in [-0.2, 0) is 16.1 Å². The van der Waals surface area contributed by atoms with Crippen LogP contribution in [0, 0.1) is 5.92 Å². The fourth-order valence-corrected chi connectivity index (χ4v) is 3.02. The molecule has 1 aliphatic rings. The first-order valence-corrected chi connectivity index (χ1v) is 8.66. The maximum absolute atomic E-state index is 11.4. The van der Waals surface area contributed by atoms with Gasteiger partial charge >= 0.3 is 5.97 Å². The van der Waals surface area contributed by atoms with Crippen LogP contribution in [0.25, 0.3) is 0 Å². The largest absolute Gasteiger partial charge is 0.486 e. The second-order valence-electron chi connectivity index (χ2n) is 6.04. The van der Waals surface area contributed by atoms with Crippen molar-refractivity contribution in [3.8, 4) is 11.5 Å². The van der Waals surface area contributed by atoms with Crippen LogP contribution in [0.15, 0.2) is 16.6 Å². The number of ether oxygens (including phenoxy) is 3. The van der Waals surface area contributed by atoms with Gasteiger partial charge in [0.25, 0.3) is 0 Å². The number of fused-ring (bicyclic) bond motifs is 1. The zero-order chi connectivity index (χ0) is 16.8. The molecule has 0 amide bonds. The molecule has 128 valence electrons.